The van der Waals surface area contributed by atoms with E-state index in [0.29, 0.717) is 24.7 Å². The number of methoxy groups -OCH3 is 1. The minimum Gasteiger partial charge on any atom is -0.481 e. The molecule has 0 bridgehead atoms. The molecule has 0 spiro atoms. The van der Waals surface area contributed by atoms with Gasteiger partial charge in [0.25, 0.3) is 0 Å². The number of aliphatic carboxylic acids is 1. The van der Waals surface area contributed by atoms with E-state index < -0.39 is 11.4 Å². The Bertz CT molecular complexity index is 536. The van der Waals surface area contributed by atoms with Crippen molar-refractivity contribution in [1.29, 1.82) is 0 Å². The number of hydrogen-bond donors (Lipinski definition) is 2. The normalized spacial score (nSPS) is 21.6. The summed E-state index contributed by atoms with van der Waals surface area (Å²) in [5.41, 5.74) is -0.888. The molecule has 1 aliphatic rings. The number of carboxylic acid groups (broad SMARTS) is 1. The zero-order valence-corrected chi connectivity index (χ0v) is 11.3. The number of nitrogens with one attached hydrogen (secondary N) is 1. The number of amides is 2. The molecule has 2 heterocycles. The average Bonchev–Trinajstić information content (AvgIpc) is 2.83. The van der Waals surface area contributed by atoms with E-state index >= 15 is 0 Å². The number of ether oxygens (including phenoxy) is 1. The number of hydrogen-bond acceptors (Lipinski definition) is 5. The summed E-state index contributed by atoms with van der Waals surface area (Å²) in [7, 11) is 1.46. The topological polar surface area (TPSA) is 105 Å². The van der Waals surface area contributed by atoms with E-state index in [1.54, 1.807) is 6.92 Å². The molecule has 8 nitrogen and oxygen atoms in total. The first-order valence-corrected chi connectivity index (χ1v) is 6.10. The number of carbonyl (C=O) groups excluding carboxylic acids is 1. The summed E-state index contributed by atoms with van der Waals surface area (Å²) in [6.07, 6.45) is 1.71. The third-order valence-corrected chi connectivity index (χ3v) is 3.36. The molecule has 0 radical (unpaired) electrons. The van der Waals surface area contributed by atoms with Gasteiger partial charge in [-0.25, -0.2) is 14.8 Å². The lowest BCUT2D eigenvalue weighted by Crippen LogP contribution is -2.37. The number of likely N-dealkylation sites (tertiary alicyclic amines) is 1. The van der Waals surface area contributed by atoms with E-state index in [-0.39, 0.29) is 12.6 Å². The Balaban J connectivity index is 2.01. The summed E-state index contributed by atoms with van der Waals surface area (Å²) in [6.45, 7) is 2.21. The van der Waals surface area contributed by atoms with E-state index in [2.05, 4.69) is 15.3 Å². The second kappa shape index (κ2) is 5.32. The molecule has 0 saturated carbocycles. The molecule has 108 valence electrons. The lowest BCUT2D eigenvalue weighted by Gasteiger charge is -2.20. The SMILES string of the molecule is COc1cc(NC(=O)N2CCC(C)(C(=O)O)C2)ncn1. The number of aromatic nitrogens is 2. The summed E-state index contributed by atoms with van der Waals surface area (Å²) < 4.78 is 4.93. The summed E-state index contributed by atoms with van der Waals surface area (Å²) in [5, 5.41) is 11.7. The molecule has 8 heteroatoms. The van der Waals surface area contributed by atoms with Crippen LogP contribution in [0.1, 0.15) is 13.3 Å². The summed E-state index contributed by atoms with van der Waals surface area (Å²) >= 11 is 0. The van der Waals surface area contributed by atoms with Crippen LogP contribution in [0.15, 0.2) is 12.4 Å². The van der Waals surface area contributed by atoms with Gasteiger partial charge in [-0.1, -0.05) is 0 Å². The highest BCUT2D eigenvalue weighted by Gasteiger charge is 2.42. The molecule has 2 N–H and O–H groups in total. The fourth-order valence-electron chi connectivity index (χ4n) is 2.02. The van der Waals surface area contributed by atoms with Gasteiger partial charge in [-0.05, 0) is 13.3 Å². The number of carbonyl (C=O) groups is 2. The highest BCUT2D eigenvalue weighted by Crippen LogP contribution is 2.30. The first-order valence-electron chi connectivity index (χ1n) is 6.10. The molecule has 1 aliphatic heterocycles. The second-order valence-corrected chi connectivity index (χ2v) is 4.91. The molecule has 2 rings (SSSR count). The van der Waals surface area contributed by atoms with Gasteiger partial charge in [0.1, 0.15) is 12.1 Å². The fourth-order valence-corrected chi connectivity index (χ4v) is 2.02. The average molecular weight is 280 g/mol. The Kier molecular flexibility index (Phi) is 3.73. The van der Waals surface area contributed by atoms with E-state index in [9.17, 15) is 9.59 Å². The van der Waals surface area contributed by atoms with Crippen molar-refractivity contribution in [1.82, 2.24) is 14.9 Å². The molecule has 1 unspecified atom stereocenters. The van der Waals surface area contributed by atoms with Gasteiger partial charge in [0.15, 0.2) is 0 Å². The quantitative estimate of drug-likeness (QED) is 0.849. The summed E-state index contributed by atoms with van der Waals surface area (Å²) in [6, 6.07) is 1.11. The van der Waals surface area contributed by atoms with E-state index in [1.165, 1.54) is 24.4 Å². The van der Waals surface area contributed by atoms with Gasteiger partial charge < -0.3 is 14.7 Å². The van der Waals surface area contributed by atoms with Gasteiger partial charge in [-0.2, -0.15) is 0 Å². The molecular weight excluding hydrogens is 264 g/mol. The Hall–Kier alpha value is -2.38. The van der Waals surface area contributed by atoms with Gasteiger partial charge in [0.05, 0.1) is 12.5 Å². The van der Waals surface area contributed by atoms with Crippen LogP contribution >= 0.6 is 0 Å². The van der Waals surface area contributed by atoms with Crippen LogP contribution in [0, 0.1) is 5.41 Å². The highest BCUT2D eigenvalue weighted by molar-refractivity contribution is 5.89. The zero-order chi connectivity index (χ0) is 14.8. The van der Waals surface area contributed by atoms with Crippen LogP contribution in [0.25, 0.3) is 0 Å². The van der Waals surface area contributed by atoms with Crippen LogP contribution in [0.4, 0.5) is 10.6 Å². The van der Waals surface area contributed by atoms with Crippen molar-refractivity contribution in [2.75, 3.05) is 25.5 Å². The minimum absolute atomic E-state index is 0.177. The standard InChI is InChI=1S/C12H16N4O4/c1-12(10(17)18)3-4-16(6-12)11(19)15-8-5-9(20-2)14-7-13-8/h5,7H,3-4,6H2,1-2H3,(H,17,18)(H,13,14,15,19). The van der Waals surface area contributed by atoms with Gasteiger partial charge in [-0.15, -0.1) is 0 Å². The van der Waals surface area contributed by atoms with Crippen molar-refractivity contribution in [3.63, 3.8) is 0 Å². The molecule has 0 aliphatic carbocycles. The fraction of sp³-hybridized carbons (Fsp3) is 0.500. The number of rotatable bonds is 3. The number of carboxylic acids is 1. The Morgan fingerprint density at radius 2 is 2.25 bits per heavy atom. The van der Waals surface area contributed by atoms with Crippen LogP contribution in [0.2, 0.25) is 0 Å². The van der Waals surface area contributed by atoms with Gasteiger partial charge in [0.2, 0.25) is 5.88 Å². The minimum atomic E-state index is -0.892. The van der Waals surface area contributed by atoms with E-state index in [4.69, 9.17) is 9.84 Å². The predicted molar refractivity (Wildman–Crippen MR) is 69.5 cm³/mol. The Labute approximate surface area is 115 Å². The largest absolute Gasteiger partial charge is 0.481 e. The van der Waals surface area contributed by atoms with Crippen molar-refractivity contribution in [2.45, 2.75) is 13.3 Å². The molecule has 2 amide bonds. The third kappa shape index (κ3) is 2.79. The van der Waals surface area contributed by atoms with Crippen molar-refractivity contribution in [3.8, 4) is 5.88 Å². The molecule has 1 aromatic heterocycles. The summed E-state index contributed by atoms with van der Waals surface area (Å²) in [4.78, 5) is 32.4. The van der Waals surface area contributed by atoms with Crippen molar-refractivity contribution < 1.29 is 19.4 Å². The number of nitrogens with zero attached hydrogens (tertiary/aromatic N) is 3. The molecule has 1 saturated heterocycles. The van der Waals surface area contributed by atoms with Crippen LogP contribution in [-0.2, 0) is 4.79 Å². The van der Waals surface area contributed by atoms with Gasteiger partial charge in [0, 0.05) is 19.2 Å². The second-order valence-electron chi connectivity index (χ2n) is 4.91. The Morgan fingerprint density at radius 1 is 1.50 bits per heavy atom. The predicted octanol–water partition coefficient (Wildman–Crippen LogP) is 0.814. The first-order chi connectivity index (χ1) is 9.44. The first kappa shape index (κ1) is 14.0. The third-order valence-electron chi connectivity index (χ3n) is 3.36. The van der Waals surface area contributed by atoms with Gasteiger partial charge >= 0.3 is 12.0 Å². The van der Waals surface area contributed by atoms with Crippen molar-refractivity contribution >= 4 is 17.8 Å². The Morgan fingerprint density at radius 3 is 2.85 bits per heavy atom. The number of anilines is 1. The van der Waals surface area contributed by atoms with Crippen LogP contribution in [-0.4, -0.2) is 52.2 Å². The monoisotopic (exact) mass is 280 g/mol. The molecule has 0 aromatic carbocycles. The lowest BCUT2D eigenvalue weighted by atomic mass is 9.90. The molecule has 1 atom stereocenters. The van der Waals surface area contributed by atoms with E-state index in [0.717, 1.165) is 0 Å². The van der Waals surface area contributed by atoms with Gasteiger partial charge in [-0.3, -0.25) is 10.1 Å². The zero-order valence-electron chi connectivity index (χ0n) is 11.3. The van der Waals surface area contributed by atoms with E-state index in [1.807, 2.05) is 0 Å². The maximum Gasteiger partial charge on any atom is 0.323 e. The maximum atomic E-state index is 12.0. The maximum absolute atomic E-state index is 12.0. The summed E-state index contributed by atoms with van der Waals surface area (Å²) in [5.74, 6) is -0.241. The number of urea groups is 1. The molecule has 1 fully saturated rings. The molecule has 20 heavy (non-hydrogen) atoms. The van der Waals surface area contributed by atoms with Crippen LogP contribution < -0.4 is 10.1 Å². The molecule has 1 aromatic rings. The van der Waals surface area contributed by atoms with Crippen molar-refractivity contribution in [3.05, 3.63) is 12.4 Å². The smallest absolute Gasteiger partial charge is 0.323 e. The van der Waals surface area contributed by atoms with Crippen molar-refractivity contribution in [2.24, 2.45) is 5.41 Å². The van der Waals surface area contributed by atoms with Crippen LogP contribution in [0.5, 0.6) is 5.88 Å². The molecular formula is C12H16N4O4. The highest BCUT2D eigenvalue weighted by atomic mass is 16.5. The van der Waals surface area contributed by atoms with Crippen LogP contribution in [0.3, 0.4) is 0 Å². The lowest BCUT2D eigenvalue weighted by molar-refractivity contribution is -0.146.